The van der Waals surface area contributed by atoms with Gasteiger partial charge in [0.2, 0.25) is 5.88 Å². The molecule has 1 aromatic carbocycles. The van der Waals surface area contributed by atoms with Gasteiger partial charge in [-0.2, -0.15) is 5.10 Å². The van der Waals surface area contributed by atoms with Crippen LogP contribution in [0, 0.1) is 0 Å². The van der Waals surface area contributed by atoms with Crippen LogP contribution in [0.4, 0.5) is 16.3 Å². The van der Waals surface area contributed by atoms with Crippen LogP contribution in [0.1, 0.15) is 18.9 Å². The molecule has 2 amide bonds. The first kappa shape index (κ1) is 18.2. The quantitative estimate of drug-likeness (QED) is 0.725. The second-order valence-electron chi connectivity index (χ2n) is 7.02. The highest BCUT2D eigenvalue weighted by atomic mass is 16.5. The van der Waals surface area contributed by atoms with Crippen LogP contribution >= 0.6 is 0 Å². The van der Waals surface area contributed by atoms with E-state index in [9.17, 15) is 4.79 Å². The molecule has 2 aromatic heterocycles. The monoisotopic (exact) mass is 380 g/mol. The maximum atomic E-state index is 12.5. The Morgan fingerprint density at radius 2 is 1.96 bits per heavy atom. The van der Waals surface area contributed by atoms with Gasteiger partial charge in [-0.05, 0) is 51.2 Å². The number of fused-ring (bicyclic) bond motifs is 1. The molecule has 28 heavy (non-hydrogen) atoms. The number of pyridine rings is 1. The van der Waals surface area contributed by atoms with E-state index in [0.717, 1.165) is 36.7 Å². The van der Waals surface area contributed by atoms with Crippen LogP contribution in [0.2, 0.25) is 0 Å². The molecular formula is C20H24N6O2. The van der Waals surface area contributed by atoms with Gasteiger partial charge in [-0.3, -0.25) is 10.00 Å². The highest BCUT2D eigenvalue weighted by molar-refractivity contribution is 6.06. The molecule has 0 unspecified atom stereocenters. The summed E-state index contributed by atoms with van der Waals surface area (Å²) in [7, 11) is 3.71. The summed E-state index contributed by atoms with van der Waals surface area (Å²) in [5, 5.41) is 11.9. The normalized spacial score (nSPS) is 15.5. The number of aromatic nitrogens is 3. The summed E-state index contributed by atoms with van der Waals surface area (Å²) >= 11 is 0. The summed E-state index contributed by atoms with van der Waals surface area (Å²) < 4.78 is 7.25. The Morgan fingerprint density at radius 3 is 2.75 bits per heavy atom. The van der Waals surface area contributed by atoms with Gasteiger partial charge in [0, 0.05) is 29.2 Å². The highest BCUT2D eigenvalue weighted by Crippen LogP contribution is 2.29. The van der Waals surface area contributed by atoms with E-state index in [1.807, 2.05) is 41.2 Å². The highest BCUT2D eigenvalue weighted by Gasteiger charge is 2.19. The second kappa shape index (κ2) is 7.85. The van der Waals surface area contributed by atoms with Gasteiger partial charge in [-0.25, -0.2) is 9.78 Å². The molecule has 0 bridgehead atoms. The predicted octanol–water partition coefficient (Wildman–Crippen LogP) is 3.35. The zero-order valence-electron chi connectivity index (χ0n) is 16.1. The fraction of sp³-hybridized carbons (Fsp3) is 0.350. The van der Waals surface area contributed by atoms with Crippen molar-refractivity contribution in [1.29, 1.82) is 0 Å². The summed E-state index contributed by atoms with van der Waals surface area (Å²) in [5.41, 5.74) is 0.686. The number of ether oxygens (including phenoxy) is 1. The van der Waals surface area contributed by atoms with Crippen molar-refractivity contribution in [3.8, 4) is 5.88 Å². The van der Waals surface area contributed by atoms with E-state index in [0.29, 0.717) is 23.4 Å². The van der Waals surface area contributed by atoms with E-state index < -0.39 is 0 Å². The Bertz CT molecular complexity index is 978. The molecule has 8 nitrogen and oxygen atoms in total. The van der Waals surface area contributed by atoms with Crippen molar-refractivity contribution in [3.63, 3.8) is 0 Å². The van der Waals surface area contributed by atoms with Gasteiger partial charge in [0.15, 0.2) is 5.82 Å². The lowest BCUT2D eigenvalue weighted by atomic mass is 10.1. The van der Waals surface area contributed by atoms with Crippen molar-refractivity contribution in [2.24, 2.45) is 0 Å². The molecule has 3 heterocycles. The van der Waals surface area contributed by atoms with Crippen molar-refractivity contribution < 1.29 is 9.53 Å². The minimum Gasteiger partial charge on any atom is -0.481 e. The second-order valence-corrected chi connectivity index (χ2v) is 7.02. The molecule has 0 saturated carbocycles. The van der Waals surface area contributed by atoms with Crippen molar-refractivity contribution in [2.75, 3.05) is 37.9 Å². The lowest BCUT2D eigenvalue weighted by Gasteiger charge is -2.28. The van der Waals surface area contributed by atoms with Crippen molar-refractivity contribution in [3.05, 3.63) is 42.7 Å². The number of carbonyl (C=O) groups is 1. The summed E-state index contributed by atoms with van der Waals surface area (Å²) in [6, 6.07) is 9.34. The molecular weight excluding hydrogens is 356 g/mol. The van der Waals surface area contributed by atoms with Crippen molar-refractivity contribution in [2.45, 2.75) is 18.9 Å². The van der Waals surface area contributed by atoms with Gasteiger partial charge >= 0.3 is 6.03 Å². The minimum absolute atomic E-state index is 0.336. The van der Waals surface area contributed by atoms with Gasteiger partial charge in [0.05, 0.1) is 18.8 Å². The number of hydrogen-bond acceptors (Lipinski definition) is 5. The maximum absolute atomic E-state index is 12.5. The Labute approximate surface area is 163 Å². The van der Waals surface area contributed by atoms with E-state index in [1.165, 1.54) is 0 Å². The lowest BCUT2D eigenvalue weighted by molar-refractivity contribution is 0.212. The molecule has 4 rings (SSSR count). The van der Waals surface area contributed by atoms with E-state index >= 15 is 0 Å². The van der Waals surface area contributed by atoms with E-state index in [1.54, 1.807) is 13.3 Å². The topological polar surface area (TPSA) is 84.3 Å². The van der Waals surface area contributed by atoms with Crippen molar-refractivity contribution >= 4 is 28.3 Å². The summed E-state index contributed by atoms with van der Waals surface area (Å²) in [5.74, 6) is 1.06. The number of piperidine rings is 1. The molecule has 1 fully saturated rings. The summed E-state index contributed by atoms with van der Waals surface area (Å²) in [4.78, 5) is 19.0. The molecule has 1 aliphatic heterocycles. The minimum atomic E-state index is -0.336. The first-order valence-electron chi connectivity index (χ1n) is 9.37. The van der Waals surface area contributed by atoms with Crippen molar-refractivity contribution in [1.82, 2.24) is 19.7 Å². The number of amides is 2. The van der Waals surface area contributed by atoms with Crippen LogP contribution in [0.25, 0.3) is 10.8 Å². The van der Waals surface area contributed by atoms with Crippen LogP contribution in [0.3, 0.4) is 0 Å². The third-order valence-electron chi connectivity index (χ3n) is 5.12. The van der Waals surface area contributed by atoms with Gasteiger partial charge in [-0.15, -0.1) is 0 Å². The number of urea groups is 1. The molecule has 1 saturated heterocycles. The SMILES string of the molecule is COc1nccc2c(NC(=O)Nc3ccn(C4CCN(C)CC4)n3)cccc12. The average Bonchev–Trinajstić information content (AvgIpc) is 3.16. The first-order valence-corrected chi connectivity index (χ1v) is 9.37. The number of nitrogens with zero attached hydrogens (tertiary/aromatic N) is 4. The van der Waals surface area contributed by atoms with Crippen LogP contribution in [0.15, 0.2) is 42.7 Å². The maximum Gasteiger partial charge on any atom is 0.324 e. The summed E-state index contributed by atoms with van der Waals surface area (Å²) in [6.07, 6.45) is 5.72. The smallest absolute Gasteiger partial charge is 0.324 e. The Kier molecular flexibility index (Phi) is 5.12. The standard InChI is InChI=1S/C20H24N6O2/c1-25-11-7-14(8-12-25)26-13-9-18(24-26)23-20(27)22-17-5-3-4-16-15(17)6-10-21-19(16)28-2/h3-6,9-10,13-14H,7-8,11-12H2,1-2H3,(H2,22,23,24,27). The lowest BCUT2D eigenvalue weighted by Crippen LogP contribution is -2.31. The number of carbonyl (C=O) groups excluding carboxylic acids is 1. The molecule has 0 atom stereocenters. The number of benzene rings is 1. The van der Waals surface area contributed by atoms with Gasteiger partial charge in [0.25, 0.3) is 0 Å². The number of rotatable bonds is 4. The van der Waals surface area contributed by atoms with E-state index in [4.69, 9.17) is 4.74 Å². The molecule has 0 aliphatic carbocycles. The Hall–Kier alpha value is -3.13. The number of anilines is 2. The zero-order chi connectivity index (χ0) is 19.5. The fourth-order valence-electron chi connectivity index (χ4n) is 3.59. The van der Waals surface area contributed by atoms with E-state index in [2.05, 4.69) is 32.7 Å². The molecule has 0 radical (unpaired) electrons. The number of likely N-dealkylation sites (tertiary alicyclic amines) is 1. The average molecular weight is 380 g/mol. The number of nitrogens with one attached hydrogen (secondary N) is 2. The molecule has 2 N–H and O–H groups in total. The zero-order valence-corrected chi connectivity index (χ0v) is 16.1. The molecule has 8 heteroatoms. The molecule has 146 valence electrons. The summed E-state index contributed by atoms with van der Waals surface area (Å²) in [6.45, 7) is 2.13. The van der Waals surface area contributed by atoms with Gasteiger partial charge in [0.1, 0.15) is 0 Å². The molecule has 1 aliphatic rings. The Morgan fingerprint density at radius 1 is 1.14 bits per heavy atom. The van der Waals surface area contributed by atoms with Gasteiger partial charge in [-0.1, -0.05) is 6.07 Å². The number of methoxy groups -OCH3 is 1. The third kappa shape index (κ3) is 3.77. The van der Waals surface area contributed by atoms with Crippen LogP contribution < -0.4 is 15.4 Å². The molecule has 0 spiro atoms. The van der Waals surface area contributed by atoms with Gasteiger partial charge < -0.3 is 15.0 Å². The first-order chi connectivity index (χ1) is 13.6. The third-order valence-corrected chi connectivity index (χ3v) is 5.12. The predicted molar refractivity (Wildman–Crippen MR) is 109 cm³/mol. The largest absolute Gasteiger partial charge is 0.481 e. The number of hydrogen-bond donors (Lipinski definition) is 2. The fourth-order valence-corrected chi connectivity index (χ4v) is 3.59. The molecule has 3 aromatic rings. The van der Waals surface area contributed by atoms with Crippen LogP contribution in [0.5, 0.6) is 5.88 Å². The Balaban J connectivity index is 1.45. The van der Waals surface area contributed by atoms with Crippen LogP contribution in [-0.2, 0) is 0 Å². The van der Waals surface area contributed by atoms with E-state index in [-0.39, 0.29) is 6.03 Å². The van der Waals surface area contributed by atoms with Crippen LogP contribution in [-0.4, -0.2) is 52.9 Å².